The molecule has 0 unspecified atom stereocenters. The topological polar surface area (TPSA) is 17.1 Å². The number of carbonyl (C=O) groups is 1. The van der Waals surface area contributed by atoms with Gasteiger partial charge in [-0.25, -0.2) is 0 Å². The summed E-state index contributed by atoms with van der Waals surface area (Å²) in [5.41, 5.74) is 0.928. The van der Waals surface area contributed by atoms with Crippen LogP contribution < -0.4 is 0 Å². The fourth-order valence-corrected chi connectivity index (χ4v) is 1.66. The quantitative estimate of drug-likeness (QED) is 0.451. The Bertz CT molecular complexity index is 354. The monoisotopic (exact) mass is 210 g/mol. The fourth-order valence-electron chi connectivity index (χ4n) is 0.807. The van der Waals surface area contributed by atoms with Gasteiger partial charge in [0.05, 0.1) is 4.88 Å². The molecule has 1 rings (SSSR count). The molecule has 0 aliphatic rings. The number of carbonyl (C=O) groups excluding carboxylic acids is 1. The van der Waals surface area contributed by atoms with Gasteiger partial charge in [-0.05, 0) is 13.0 Å². The van der Waals surface area contributed by atoms with Crippen molar-refractivity contribution < 1.29 is 4.79 Å². The number of hydrogen-bond acceptors (Lipinski definition) is 3. The normalized spacial score (nSPS) is 9.08. The minimum atomic E-state index is 0.104. The Labute approximate surface area is 87.6 Å². The molecule has 1 aromatic rings. The second-order valence-electron chi connectivity index (χ2n) is 2.53. The molecule has 0 aliphatic heterocycles. The first-order valence-electron chi connectivity index (χ1n) is 3.93. The van der Waals surface area contributed by atoms with E-state index in [0.717, 1.165) is 22.6 Å². The summed E-state index contributed by atoms with van der Waals surface area (Å²) in [7, 11) is 0. The highest BCUT2D eigenvalue weighted by molar-refractivity contribution is 7.80. The Balaban J connectivity index is 2.71. The molecule has 0 saturated heterocycles. The summed E-state index contributed by atoms with van der Waals surface area (Å²) in [6, 6.07) is 1.83. The molecule has 0 bridgehead atoms. The Hall–Kier alpha value is -0.720. The van der Waals surface area contributed by atoms with Crippen LogP contribution in [0.1, 0.15) is 28.6 Å². The first-order chi connectivity index (χ1) is 6.24. The van der Waals surface area contributed by atoms with Gasteiger partial charge in [0.2, 0.25) is 0 Å². The number of rotatable bonds is 2. The van der Waals surface area contributed by atoms with Gasteiger partial charge in [0, 0.05) is 23.1 Å². The lowest BCUT2D eigenvalue weighted by Crippen LogP contribution is -1.84. The SMILES string of the molecule is CC(=O)c1cc(C#CCCS)cs1. The van der Waals surface area contributed by atoms with Crippen molar-refractivity contribution >= 4 is 29.7 Å². The first-order valence-corrected chi connectivity index (χ1v) is 5.44. The highest BCUT2D eigenvalue weighted by Gasteiger charge is 2.01. The molecule has 0 spiro atoms. The van der Waals surface area contributed by atoms with Crippen LogP contribution in [0.2, 0.25) is 0 Å². The zero-order valence-corrected chi connectivity index (χ0v) is 9.04. The molecule has 0 N–H and O–H groups in total. The maximum absolute atomic E-state index is 10.9. The van der Waals surface area contributed by atoms with Crippen molar-refractivity contribution in [2.45, 2.75) is 13.3 Å². The number of Topliss-reactive ketones (excluding diaryl/α,β-unsaturated/α-hetero) is 1. The summed E-state index contributed by atoms with van der Waals surface area (Å²) >= 11 is 5.50. The van der Waals surface area contributed by atoms with Gasteiger partial charge in [-0.15, -0.1) is 11.3 Å². The predicted octanol–water partition coefficient (Wildman–Crippen LogP) is 2.62. The smallest absolute Gasteiger partial charge is 0.169 e. The fraction of sp³-hybridized carbons (Fsp3) is 0.300. The van der Waals surface area contributed by atoms with Gasteiger partial charge < -0.3 is 0 Å². The van der Waals surface area contributed by atoms with Gasteiger partial charge in [0.25, 0.3) is 0 Å². The zero-order chi connectivity index (χ0) is 9.68. The van der Waals surface area contributed by atoms with Gasteiger partial charge >= 0.3 is 0 Å². The number of hydrogen-bond donors (Lipinski definition) is 1. The highest BCUT2D eigenvalue weighted by atomic mass is 32.1. The Morgan fingerprint density at radius 1 is 1.69 bits per heavy atom. The average Bonchev–Trinajstić information content (AvgIpc) is 2.53. The van der Waals surface area contributed by atoms with Crippen LogP contribution in [0.5, 0.6) is 0 Å². The number of thiophene rings is 1. The summed E-state index contributed by atoms with van der Waals surface area (Å²) in [6.45, 7) is 1.57. The molecule has 13 heavy (non-hydrogen) atoms. The summed E-state index contributed by atoms with van der Waals surface area (Å²) in [6.07, 6.45) is 0.786. The van der Waals surface area contributed by atoms with E-state index < -0.39 is 0 Å². The van der Waals surface area contributed by atoms with Crippen LogP contribution in [-0.4, -0.2) is 11.5 Å². The van der Waals surface area contributed by atoms with Crippen molar-refractivity contribution in [3.8, 4) is 11.8 Å². The van der Waals surface area contributed by atoms with Gasteiger partial charge in [0.15, 0.2) is 5.78 Å². The number of ketones is 1. The maximum atomic E-state index is 10.9. The second-order valence-corrected chi connectivity index (χ2v) is 3.89. The molecule has 0 atom stereocenters. The van der Waals surface area contributed by atoms with E-state index in [1.165, 1.54) is 11.3 Å². The van der Waals surface area contributed by atoms with Crippen molar-refractivity contribution in [3.63, 3.8) is 0 Å². The lowest BCUT2D eigenvalue weighted by molar-refractivity contribution is 0.102. The molecule has 3 heteroatoms. The van der Waals surface area contributed by atoms with Gasteiger partial charge in [-0.3, -0.25) is 4.79 Å². The molecule has 1 nitrogen and oxygen atoms in total. The van der Waals surface area contributed by atoms with Crippen molar-refractivity contribution in [1.82, 2.24) is 0 Å². The van der Waals surface area contributed by atoms with Gasteiger partial charge in [-0.2, -0.15) is 12.6 Å². The molecule has 1 aromatic heterocycles. The van der Waals surface area contributed by atoms with Crippen LogP contribution in [-0.2, 0) is 0 Å². The molecular weight excluding hydrogens is 200 g/mol. The van der Waals surface area contributed by atoms with E-state index in [2.05, 4.69) is 24.5 Å². The third-order valence-corrected chi connectivity index (χ3v) is 2.67. The maximum Gasteiger partial charge on any atom is 0.169 e. The van der Waals surface area contributed by atoms with Crippen LogP contribution in [0.3, 0.4) is 0 Å². The third-order valence-electron chi connectivity index (χ3n) is 1.42. The predicted molar refractivity (Wildman–Crippen MR) is 59.7 cm³/mol. The zero-order valence-electron chi connectivity index (χ0n) is 7.33. The average molecular weight is 210 g/mol. The lowest BCUT2D eigenvalue weighted by Gasteiger charge is -1.81. The van der Waals surface area contributed by atoms with Crippen molar-refractivity contribution in [2.75, 3.05) is 5.75 Å². The van der Waals surface area contributed by atoms with E-state index in [9.17, 15) is 4.79 Å². The van der Waals surface area contributed by atoms with Crippen LogP contribution in [0.15, 0.2) is 11.4 Å². The van der Waals surface area contributed by atoms with Gasteiger partial charge in [-0.1, -0.05) is 11.8 Å². The molecule has 0 fully saturated rings. The van der Waals surface area contributed by atoms with E-state index >= 15 is 0 Å². The number of thiol groups is 1. The summed E-state index contributed by atoms with van der Waals surface area (Å²) in [4.78, 5) is 11.7. The van der Waals surface area contributed by atoms with Crippen LogP contribution in [0.4, 0.5) is 0 Å². The van der Waals surface area contributed by atoms with Crippen LogP contribution in [0, 0.1) is 11.8 Å². The van der Waals surface area contributed by atoms with Gasteiger partial charge in [0.1, 0.15) is 0 Å². The van der Waals surface area contributed by atoms with Crippen molar-refractivity contribution in [2.24, 2.45) is 0 Å². The van der Waals surface area contributed by atoms with E-state index in [4.69, 9.17) is 0 Å². The minimum Gasteiger partial charge on any atom is -0.294 e. The summed E-state index contributed by atoms with van der Waals surface area (Å²) in [5, 5.41) is 1.91. The highest BCUT2D eigenvalue weighted by Crippen LogP contribution is 2.13. The molecule has 0 radical (unpaired) electrons. The van der Waals surface area contributed by atoms with Crippen LogP contribution in [0.25, 0.3) is 0 Å². The summed E-state index contributed by atoms with van der Waals surface area (Å²) in [5.74, 6) is 6.83. The van der Waals surface area contributed by atoms with E-state index in [0.29, 0.717) is 0 Å². The van der Waals surface area contributed by atoms with E-state index in [1.807, 2.05) is 11.4 Å². The largest absolute Gasteiger partial charge is 0.294 e. The molecule has 68 valence electrons. The molecule has 0 aromatic carbocycles. The third kappa shape index (κ3) is 3.25. The van der Waals surface area contributed by atoms with E-state index in [1.54, 1.807) is 6.92 Å². The van der Waals surface area contributed by atoms with Crippen molar-refractivity contribution in [1.29, 1.82) is 0 Å². The Morgan fingerprint density at radius 3 is 3.00 bits per heavy atom. The lowest BCUT2D eigenvalue weighted by atomic mass is 10.2. The minimum absolute atomic E-state index is 0.104. The molecule has 0 aliphatic carbocycles. The molecule has 0 saturated carbocycles. The standard InChI is InChI=1S/C10H10OS2/c1-8(11)10-6-9(7-13-10)4-2-3-5-12/h6-7,12H,3,5H2,1H3. The van der Waals surface area contributed by atoms with Crippen molar-refractivity contribution in [3.05, 3.63) is 21.9 Å². The first kappa shape index (κ1) is 10.4. The Kier molecular flexibility index (Phi) is 4.07. The molecule has 0 amide bonds. The second kappa shape index (κ2) is 5.11. The molecular formula is C10H10OS2. The Morgan fingerprint density at radius 2 is 2.46 bits per heavy atom. The van der Waals surface area contributed by atoms with E-state index in [-0.39, 0.29) is 5.78 Å². The van der Waals surface area contributed by atoms with Crippen LogP contribution >= 0.6 is 24.0 Å². The summed E-state index contributed by atoms with van der Waals surface area (Å²) < 4.78 is 0. The molecule has 1 heterocycles.